The number of nitrogens with two attached hydrogens (primary N) is 1. The van der Waals surface area contributed by atoms with Crippen LogP contribution in [-0.4, -0.2) is 24.5 Å². The summed E-state index contributed by atoms with van der Waals surface area (Å²) in [6, 6.07) is 6.23. The maximum Gasteiger partial charge on any atom is 0.237 e. The molecule has 3 rings (SSSR count). The Morgan fingerprint density at radius 2 is 1.87 bits per heavy atom. The van der Waals surface area contributed by atoms with Crippen molar-refractivity contribution in [3.8, 4) is 5.75 Å². The molecule has 0 saturated heterocycles. The van der Waals surface area contributed by atoms with Gasteiger partial charge in [0.1, 0.15) is 5.75 Å². The van der Waals surface area contributed by atoms with Crippen LogP contribution in [0, 0.1) is 0 Å². The van der Waals surface area contributed by atoms with Gasteiger partial charge < -0.3 is 14.9 Å². The number of carbonyl (C=O) groups is 3. The van der Waals surface area contributed by atoms with Crippen molar-refractivity contribution >= 4 is 39.9 Å². The molecule has 1 aliphatic carbocycles. The Morgan fingerprint density at radius 3 is 2.48 bits per heavy atom. The molecule has 2 aromatic rings. The van der Waals surface area contributed by atoms with Gasteiger partial charge in [-0.05, 0) is 24.3 Å². The first-order chi connectivity index (χ1) is 10.9. The summed E-state index contributed by atoms with van der Waals surface area (Å²) in [6.45, 7) is 0. The van der Waals surface area contributed by atoms with Crippen LogP contribution >= 0.6 is 11.6 Å². The van der Waals surface area contributed by atoms with Crippen molar-refractivity contribution in [3.63, 3.8) is 0 Å². The monoisotopic (exact) mass is 331 g/mol. The third-order valence-corrected chi connectivity index (χ3v) is 3.72. The van der Waals surface area contributed by atoms with Crippen LogP contribution in [0.5, 0.6) is 5.75 Å². The van der Waals surface area contributed by atoms with Crippen molar-refractivity contribution in [2.24, 2.45) is 0 Å². The van der Waals surface area contributed by atoms with E-state index >= 15 is 0 Å². The van der Waals surface area contributed by atoms with E-state index in [9.17, 15) is 14.4 Å². The van der Waals surface area contributed by atoms with E-state index in [0.717, 1.165) is 6.08 Å². The summed E-state index contributed by atoms with van der Waals surface area (Å²) in [6.07, 6.45) is 0.941. The average molecular weight is 332 g/mol. The molecule has 1 heterocycles. The summed E-state index contributed by atoms with van der Waals surface area (Å²) in [4.78, 5) is 36.4. The highest BCUT2D eigenvalue weighted by molar-refractivity contribution is 6.60. The first kappa shape index (κ1) is 15.1. The summed E-state index contributed by atoms with van der Waals surface area (Å²) in [5.41, 5.74) is 5.64. The van der Waals surface area contributed by atoms with Crippen LogP contribution < -0.4 is 10.5 Å². The van der Waals surface area contributed by atoms with Gasteiger partial charge in [-0.3, -0.25) is 14.4 Å². The number of nitrogen functional groups attached to an aromatic ring is 1. The molecule has 116 valence electrons. The minimum absolute atomic E-state index is 0.0642. The zero-order valence-electron chi connectivity index (χ0n) is 11.9. The summed E-state index contributed by atoms with van der Waals surface area (Å²) in [5.74, 6) is -1.99. The Labute approximate surface area is 135 Å². The highest BCUT2D eigenvalue weighted by atomic mass is 35.5. The number of allylic oxidation sites excluding steroid dienone is 1. The number of anilines is 1. The third-order valence-electron chi connectivity index (χ3n) is 3.44. The van der Waals surface area contributed by atoms with Gasteiger partial charge in [0.05, 0.1) is 23.3 Å². The third kappa shape index (κ3) is 2.33. The number of furan rings is 1. The van der Waals surface area contributed by atoms with Gasteiger partial charge in [0.15, 0.2) is 11.5 Å². The molecule has 0 bridgehead atoms. The molecule has 7 heteroatoms. The van der Waals surface area contributed by atoms with E-state index in [2.05, 4.69) is 0 Å². The first-order valence-corrected chi connectivity index (χ1v) is 6.89. The number of ketones is 3. The molecular weight excluding hydrogens is 322 g/mol. The van der Waals surface area contributed by atoms with Gasteiger partial charge in [0, 0.05) is 11.6 Å². The topological polar surface area (TPSA) is 99.6 Å². The fraction of sp³-hybridized carbons (Fsp3) is 0.0625. The van der Waals surface area contributed by atoms with Gasteiger partial charge in [-0.25, -0.2) is 0 Å². The Kier molecular flexibility index (Phi) is 3.54. The molecule has 1 aliphatic rings. The van der Waals surface area contributed by atoms with Crippen molar-refractivity contribution in [2.45, 2.75) is 0 Å². The smallest absolute Gasteiger partial charge is 0.237 e. The van der Waals surface area contributed by atoms with Crippen LogP contribution in [0.3, 0.4) is 0 Å². The summed E-state index contributed by atoms with van der Waals surface area (Å²) >= 11 is 5.89. The number of carbonyl (C=O) groups excluding carboxylic acids is 3. The van der Waals surface area contributed by atoms with E-state index in [0.29, 0.717) is 5.75 Å². The van der Waals surface area contributed by atoms with Gasteiger partial charge in [0.25, 0.3) is 0 Å². The second-order valence-corrected chi connectivity index (χ2v) is 5.20. The number of Topliss-reactive ketones (excluding diaryl/α,β-unsaturated/α-hetero) is 1. The second-order valence-electron chi connectivity index (χ2n) is 4.79. The van der Waals surface area contributed by atoms with Crippen LogP contribution in [0.4, 0.5) is 5.88 Å². The van der Waals surface area contributed by atoms with Crippen LogP contribution in [0.15, 0.2) is 34.8 Å². The van der Waals surface area contributed by atoms with Gasteiger partial charge in [-0.1, -0.05) is 11.6 Å². The van der Waals surface area contributed by atoms with Crippen molar-refractivity contribution in [1.29, 1.82) is 0 Å². The zero-order valence-corrected chi connectivity index (χ0v) is 12.6. The summed E-state index contributed by atoms with van der Waals surface area (Å²) < 4.78 is 10.2. The molecule has 2 N–H and O–H groups in total. The SMILES string of the molecule is COc1ccc(C(=O)c2c(N)oc3c2C(=O)C(=O)C=C3Cl)cc1. The number of hydrogen-bond acceptors (Lipinski definition) is 6. The van der Waals surface area contributed by atoms with Gasteiger partial charge >= 0.3 is 0 Å². The number of ether oxygens (including phenoxy) is 1. The van der Waals surface area contributed by atoms with E-state index in [1.165, 1.54) is 19.2 Å². The summed E-state index contributed by atoms with van der Waals surface area (Å²) in [7, 11) is 1.50. The molecular formula is C16H10ClNO5. The zero-order chi connectivity index (χ0) is 16.7. The Morgan fingerprint density at radius 1 is 1.22 bits per heavy atom. The standard InChI is InChI=1S/C16H10ClNO5/c1-22-8-4-2-7(3-5-8)13(20)12-11-14(21)10(19)6-9(17)15(11)23-16(12)18/h2-6H,18H2,1H3. The number of methoxy groups -OCH3 is 1. The first-order valence-electron chi connectivity index (χ1n) is 6.51. The highest BCUT2D eigenvalue weighted by Crippen LogP contribution is 2.37. The van der Waals surface area contributed by atoms with Crippen LogP contribution in [-0.2, 0) is 4.79 Å². The molecule has 0 spiro atoms. The number of hydrogen-bond donors (Lipinski definition) is 1. The van der Waals surface area contributed by atoms with Crippen molar-refractivity contribution in [1.82, 2.24) is 0 Å². The van der Waals surface area contributed by atoms with Crippen molar-refractivity contribution in [2.75, 3.05) is 12.8 Å². The molecule has 23 heavy (non-hydrogen) atoms. The predicted octanol–water partition coefficient (Wildman–Crippen LogP) is 2.45. The van der Waals surface area contributed by atoms with Gasteiger partial charge in [-0.2, -0.15) is 0 Å². The largest absolute Gasteiger partial charge is 0.497 e. The number of fused-ring (bicyclic) bond motifs is 1. The van der Waals surface area contributed by atoms with Crippen LogP contribution in [0.1, 0.15) is 32.0 Å². The Balaban J connectivity index is 2.14. The Hall–Kier alpha value is -2.86. The average Bonchev–Trinajstić information content (AvgIpc) is 2.90. The van der Waals surface area contributed by atoms with E-state index in [1.54, 1.807) is 12.1 Å². The number of benzene rings is 1. The van der Waals surface area contributed by atoms with E-state index in [-0.39, 0.29) is 33.4 Å². The predicted molar refractivity (Wildman–Crippen MR) is 82.7 cm³/mol. The second kappa shape index (κ2) is 5.40. The van der Waals surface area contributed by atoms with E-state index in [4.69, 9.17) is 26.5 Å². The lowest BCUT2D eigenvalue weighted by Crippen LogP contribution is -2.20. The van der Waals surface area contributed by atoms with Gasteiger partial charge in [-0.15, -0.1) is 0 Å². The molecule has 0 radical (unpaired) electrons. The highest BCUT2D eigenvalue weighted by Gasteiger charge is 2.36. The van der Waals surface area contributed by atoms with Crippen LogP contribution in [0.25, 0.3) is 5.03 Å². The molecule has 0 amide bonds. The molecule has 1 aromatic carbocycles. The molecule has 0 saturated carbocycles. The van der Waals surface area contributed by atoms with E-state index in [1.807, 2.05) is 0 Å². The molecule has 6 nitrogen and oxygen atoms in total. The molecule has 0 aliphatic heterocycles. The molecule has 0 unspecified atom stereocenters. The molecule has 0 fully saturated rings. The fourth-order valence-electron chi connectivity index (χ4n) is 2.32. The fourth-order valence-corrected chi connectivity index (χ4v) is 2.55. The number of halogens is 1. The Bertz CT molecular complexity index is 877. The lowest BCUT2D eigenvalue weighted by molar-refractivity contribution is -0.111. The maximum atomic E-state index is 12.7. The molecule has 0 atom stereocenters. The van der Waals surface area contributed by atoms with Crippen molar-refractivity contribution < 1.29 is 23.5 Å². The minimum Gasteiger partial charge on any atom is -0.497 e. The number of rotatable bonds is 3. The van der Waals surface area contributed by atoms with Crippen molar-refractivity contribution in [3.05, 3.63) is 52.8 Å². The normalized spacial score (nSPS) is 13.6. The lowest BCUT2D eigenvalue weighted by atomic mass is 9.93. The lowest BCUT2D eigenvalue weighted by Gasteiger charge is -2.07. The van der Waals surface area contributed by atoms with E-state index < -0.39 is 17.3 Å². The van der Waals surface area contributed by atoms with Gasteiger partial charge in [0.2, 0.25) is 17.5 Å². The quantitative estimate of drug-likeness (QED) is 0.685. The minimum atomic E-state index is -0.873. The summed E-state index contributed by atoms with van der Waals surface area (Å²) in [5, 5.41) is -0.0647. The maximum absolute atomic E-state index is 12.7. The van der Waals surface area contributed by atoms with Crippen LogP contribution in [0.2, 0.25) is 0 Å². The molecule has 1 aromatic heterocycles.